The molecule has 4 rings (SSSR count). The molecule has 148 valence electrons. The van der Waals surface area contributed by atoms with Crippen molar-refractivity contribution in [2.75, 3.05) is 37.3 Å². The highest BCUT2D eigenvalue weighted by Crippen LogP contribution is 2.27. The van der Waals surface area contributed by atoms with E-state index in [4.69, 9.17) is 0 Å². The molecule has 2 heterocycles. The van der Waals surface area contributed by atoms with Gasteiger partial charge < -0.3 is 9.80 Å². The monoisotopic (exact) mass is 399 g/mol. The lowest BCUT2D eigenvalue weighted by molar-refractivity contribution is -0.136. The molecule has 1 fully saturated rings. The molecule has 1 amide bonds. The van der Waals surface area contributed by atoms with Crippen LogP contribution in [0.2, 0.25) is 0 Å². The van der Waals surface area contributed by atoms with Crippen LogP contribution in [0.1, 0.15) is 11.1 Å². The summed E-state index contributed by atoms with van der Waals surface area (Å²) in [5.74, 6) is -0.0901. The molecule has 2 aromatic rings. The average molecular weight is 400 g/mol. The Bertz CT molecular complexity index is 954. The molecule has 0 aromatic heterocycles. The Labute approximate surface area is 166 Å². The maximum absolute atomic E-state index is 13.3. The molecule has 2 aromatic carbocycles. The number of piperazine rings is 1. The fourth-order valence-corrected chi connectivity index (χ4v) is 5.09. The number of carbonyl (C=O) groups is 1. The topological polar surface area (TPSA) is 60.9 Å². The second-order valence-corrected chi connectivity index (χ2v) is 9.38. The van der Waals surface area contributed by atoms with Crippen LogP contribution in [0.15, 0.2) is 54.6 Å². The normalized spacial score (nSPS) is 20.7. The summed E-state index contributed by atoms with van der Waals surface area (Å²) in [7, 11) is -3.48. The first-order valence-electron chi connectivity index (χ1n) is 9.56. The number of rotatable bonds is 3. The molecule has 1 atom stereocenters. The van der Waals surface area contributed by atoms with Gasteiger partial charge in [-0.3, -0.25) is 4.79 Å². The lowest BCUT2D eigenvalue weighted by Gasteiger charge is -2.41. The van der Waals surface area contributed by atoms with Crippen LogP contribution >= 0.6 is 0 Å². The summed E-state index contributed by atoms with van der Waals surface area (Å²) in [4.78, 5) is 17.3. The number of nitrogens with zero attached hydrogens (tertiary/aromatic N) is 3. The molecule has 7 heteroatoms. The van der Waals surface area contributed by atoms with Gasteiger partial charge in [0.1, 0.15) is 6.04 Å². The van der Waals surface area contributed by atoms with E-state index in [0.717, 1.165) is 29.9 Å². The molecule has 2 aliphatic rings. The van der Waals surface area contributed by atoms with E-state index in [0.29, 0.717) is 19.5 Å². The van der Waals surface area contributed by atoms with Crippen molar-refractivity contribution in [3.05, 3.63) is 65.7 Å². The molecule has 0 saturated carbocycles. The number of para-hydroxylation sites is 1. The van der Waals surface area contributed by atoms with Crippen molar-refractivity contribution in [2.24, 2.45) is 0 Å². The maximum Gasteiger partial charge on any atom is 0.241 e. The Kier molecular flexibility index (Phi) is 5.12. The van der Waals surface area contributed by atoms with E-state index in [-0.39, 0.29) is 12.5 Å². The van der Waals surface area contributed by atoms with Gasteiger partial charge in [0.15, 0.2) is 0 Å². The molecule has 0 N–H and O–H groups in total. The number of anilines is 1. The van der Waals surface area contributed by atoms with Crippen molar-refractivity contribution in [1.29, 1.82) is 0 Å². The van der Waals surface area contributed by atoms with Crippen LogP contribution < -0.4 is 4.90 Å². The molecule has 0 spiro atoms. The number of fused-ring (bicyclic) bond motifs is 1. The van der Waals surface area contributed by atoms with Gasteiger partial charge in [-0.1, -0.05) is 42.5 Å². The smallest absolute Gasteiger partial charge is 0.241 e. The second-order valence-electron chi connectivity index (χ2n) is 7.44. The standard InChI is InChI=1S/C21H25N3O3S/c1-28(26,27)24-16-18-8-6-5-7-17(18)15-20(24)21(25)23-13-11-22(12-14-23)19-9-3-2-4-10-19/h2-10,20H,11-16H2,1H3/t20-/m0/s1. The van der Waals surface area contributed by atoms with Gasteiger partial charge in [-0.25, -0.2) is 8.42 Å². The highest BCUT2D eigenvalue weighted by molar-refractivity contribution is 7.88. The first kappa shape index (κ1) is 19.0. The summed E-state index contributed by atoms with van der Waals surface area (Å²) in [5, 5.41) is 0. The molecule has 28 heavy (non-hydrogen) atoms. The Morgan fingerprint density at radius 3 is 2.14 bits per heavy atom. The van der Waals surface area contributed by atoms with Crippen LogP contribution in [0.25, 0.3) is 0 Å². The Balaban J connectivity index is 1.50. The van der Waals surface area contributed by atoms with Gasteiger partial charge in [-0.15, -0.1) is 0 Å². The number of benzene rings is 2. The molecule has 1 saturated heterocycles. The van der Waals surface area contributed by atoms with Crippen molar-refractivity contribution in [2.45, 2.75) is 19.0 Å². The van der Waals surface area contributed by atoms with E-state index in [9.17, 15) is 13.2 Å². The number of sulfonamides is 1. The van der Waals surface area contributed by atoms with Gasteiger partial charge in [0, 0.05) is 38.4 Å². The predicted octanol–water partition coefficient (Wildman–Crippen LogP) is 1.72. The summed E-state index contributed by atoms with van der Waals surface area (Å²) in [6.07, 6.45) is 1.62. The fraction of sp³-hybridized carbons (Fsp3) is 0.381. The van der Waals surface area contributed by atoms with E-state index < -0.39 is 16.1 Å². The zero-order valence-corrected chi connectivity index (χ0v) is 16.8. The molecule has 0 aliphatic carbocycles. The molecule has 6 nitrogen and oxygen atoms in total. The van der Waals surface area contributed by atoms with Crippen LogP contribution in [0.4, 0.5) is 5.69 Å². The highest BCUT2D eigenvalue weighted by Gasteiger charge is 2.39. The quantitative estimate of drug-likeness (QED) is 0.789. The largest absolute Gasteiger partial charge is 0.368 e. The zero-order chi connectivity index (χ0) is 19.7. The highest BCUT2D eigenvalue weighted by atomic mass is 32.2. The summed E-state index contributed by atoms with van der Waals surface area (Å²) in [6.45, 7) is 2.96. The Morgan fingerprint density at radius 2 is 1.50 bits per heavy atom. The first-order chi connectivity index (χ1) is 13.4. The van der Waals surface area contributed by atoms with Crippen molar-refractivity contribution in [3.63, 3.8) is 0 Å². The SMILES string of the molecule is CS(=O)(=O)N1Cc2ccccc2C[C@H]1C(=O)N1CCN(c2ccccc2)CC1. The number of hydrogen-bond donors (Lipinski definition) is 0. The van der Waals surface area contributed by atoms with Crippen LogP contribution in [0.5, 0.6) is 0 Å². The third-order valence-corrected chi connectivity index (χ3v) is 6.86. The van der Waals surface area contributed by atoms with E-state index >= 15 is 0 Å². The number of carbonyl (C=O) groups excluding carboxylic acids is 1. The Hall–Kier alpha value is -2.38. The van der Waals surface area contributed by atoms with Crippen molar-refractivity contribution in [1.82, 2.24) is 9.21 Å². The number of amides is 1. The van der Waals surface area contributed by atoms with Crippen LogP contribution in [-0.2, 0) is 27.8 Å². The third kappa shape index (κ3) is 3.77. The van der Waals surface area contributed by atoms with Gasteiger partial charge in [0.05, 0.1) is 6.26 Å². The lowest BCUT2D eigenvalue weighted by Crippen LogP contribution is -2.57. The van der Waals surface area contributed by atoms with Gasteiger partial charge in [-0.05, 0) is 29.7 Å². The van der Waals surface area contributed by atoms with E-state index in [1.54, 1.807) is 0 Å². The van der Waals surface area contributed by atoms with E-state index in [2.05, 4.69) is 17.0 Å². The minimum atomic E-state index is -3.48. The molecule has 0 unspecified atom stereocenters. The van der Waals surface area contributed by atoms with Crippen molar-refractivity contribution in [3.8, 4) is 0 Å². The van der Waals surface area contributed by atoms with Gasteiger partial charge in [0.25, 0.3) is 0 Å². The van der Waals surface area contributed by atoms with Gasteiger partial charge in [-0.2, -0.15) is 4.31 Å². The van der Waals surface area contributed by atoms with Crippen molar-refractivity contribution >= 4 is 21.6 Å². The molecular weight excluding hydrogens is 374 g/mol. The van der Waals surface area contributed by atoms with Crippen LogP contribution in [-0.4, -0.2) is 62.0 Å². The van der Waals surface area contributed by atoms with Crippen LogP contribution in [0, 0.1) is 0 Å². The minimum absolute atomic E-state index is 0.0901. The third-order valence-electron chi connectivity index (χ3n) is 5.63. The van der Waals surface area contributed by atoms with Gasteiger partial charge in [0.2, 0.25) is 15.9 Å². The van der Waals surface area contributed by atoms with Gasteiger partial charge >= 0.3 is 0 Å². The van der Waals surface area contributed by atoms with Crippen LogP contribution in [0.3, 0.4) is 0 Å². The van der Waals surface area contributed by atoms with E-state index in [1.807, 2.05) is 47.4 Å². The van der Waals surface area contributed by atoms with E-state index in [1.165, 1.54) is 10.6 Å². The zero-order valence-electron chi connectivity index (χ0n) is 16.0. The summed E-state index contributed by atoms with van der Waals surface area (Å²) < 4.78 is 26.1. The predicted molar refractivity (Wildman–Crippen MR) is 110 cm³/mol. The van der Waals surface area contributed by atoms with Crippen molar-refractivity contribution < 1.29 is 13.2 Å². The summed E-state index contributed by atoms with van der Waals surface area (Å²) >= 11 is 0. The lowest BCUT2D eigenvalue weighted by atomic mass is 9.95. The molecule has 0 radical (unpaired) electrons. The molecule has 2 aliphatic heterocycles. The molecule has 0 bridgehead atoms. The Morgan fingerprint density at radius 1 is 0.893 bits per heavy atom. The molecular formula is C21H25N3O3S. The maximum atomic E-state index is 13.3. The summed E-state index contributed by atoms with van der Waals surface area (Å²) in [6, 6.07) is 17.3. The number of hydrogen-bond acceptors (Lipinski definition) is 4. The fourth-order valence-electron chi connectivity index (χ4n) is 4.09. The minimum Gasteiger partial charge on any atom is -0.368 e. The first-order valence-corrected chi connectivity index (χ1v) is 11.4. The average Bonchev–Trinajstić information content (AvgIpc) is 2.72. The summed E-state index contributed by atoms with van der Waals surface area (Å²) in [5.41, 5.74) is 3.19. The second kappa shape index (κ2) is 7.56.